The molecule has 0 bridgehead atoms. The summed E-state index contributed by atoms with van der Waals surface area (Å²) in [7, 11) is 0. The molecule has 0 amide bonds. The molecule has 1 aliphatic rings. The topological polar surface area (TPSA) is 55.1 Å². The van der Waals surface area contributed by atoms with E-state index in [2.05, 4.69) is 5.10 Å². The summed E-state index contributed by atoms with van der Waals surface area (Å²) < 4.78 is 29.8. The molecule has 6 heteroatoms. The number of carboxylic acids is 1. The van der Waals surface area contributed by atoms with Crippen molar-refractivity contribution in [3.63, 3.8) is 0 Å². The predicted molar refractivity (Wildman–Crippen MR) is 76.3 cm³/mol. The minimum Gasteiger partial charge on any atom is -0.481 e. The number of halogens is 2. The molecule has 0 atom stereocenters. The van der Waals surface area contributed by atoms with Crippen LogP contribution in [0.3, 0.4) is 0 Å². The number of carbonyl (C=O) groups is 1. The quantitative estimate of drug-likeness (QED) is 0.922. The van der Waals surface area contributed by atoms with E-state index in [-0.39, 0.29) is 11.1 Å². The lowest BCUT2D eigenvalue weighted by atomic mass is 9.85. The maximum Gasteiger partial charge on any atom is 0.307 e. The van der Waals surface area contributed by atoms with Gasteiger partial charge in [-0.1, -0.05) is 6.42 Å². The minimum absolute atomic E-state index is 0.103. The van der Waals surface area contributed by atoms with Gasteiger partial charge in [-0.2, -0.15) is 5.10 Å². The fraction of sp³-hybridized carbons (Fsp3) is 0.375. The van der Waals surface area contributed by atoms with Gasteiger partial charge in [0.15, 0.2) is 0 Å². The van der Waals surface area contributed by atoms with E-state index in [0.29, 0.717) is 11.5 Å². The average molecular weight is 306 g/mol. The maximum atomic E-state index is 14.1. The third-order valence-corrected chi connectivity index (χ3v) is 4.09. The van der Waals surface area contributed by atoms with Crippen LogP contribution in [0.2, 0.25) is 0 Å². The highest BCUT2D eigenvalue weighted by Gasteiger charge is 2.19. The summed E-state index contributed by atoms with van der Waals surface area (Å²) in [5.74, 6) is -1.93. The normalized spacial score (nSPS) is 14.8. The smallest absolute Gasteiger partial charge is 0.307 e. The Bertz CT molecular complexity index is 708. The Balaban J connectivity index is 1.84. The molecule has 0 spiro atoms. The third kappa shape index (κ3) is 3.00. The first-order valence-corrected chi connectivity index (χ1v) is 7.25. The van der Waals surface area contributed by atoms with Crippen LogP contribution in [-0.2, 0) is 17.8 Å². The second kappa shape index (κ2) is 5.87. The van der Waals surface area contributed by atoms with Gasteiger partial charge < -0.3 is 5.11 Å². The highest BCUT2D eigenvalue weighted by Crippen LogP contribution is 2.29. The molecule has 1 aliphatic carbocycles. The molecule has 1 saturated carbocycles. The highest BCUT2D eigenvalue weighted by molar-refractivity contribution is 5.71. The molecule has 4 nitrogen and oxygen atoms in total. The molecule has 0 aliphatic heterocycles. The van der Waals surface area contributed by atoms with Gasteiger partial charge in [0.2, 0.25) is 0 Å². The van der Waals surface area contributed by atoms with E-state index in [1.165, 1.54) is 25.5 Å². The minimum atomic E-state index is -1.20. The van der Waals surface area contributed by atoms with Gasteiger partial charge in [0.05, 0.1) is 12.6 Å². The summed E-state index contributed by atoms with van der Waals surface area (Å²) in [6.07, 6.45) is 6.28. The van der Waals surface area contributed by atoms with Crippen molar-refractivity contribution in [1.29, 1.82) is 0 Å². The number of aliphatic carboxylic acids is 1. The van der Waals surface area contributed by atoms with Crippen molar-refractivity contribution >= 4 is 5.97 Å². The van der Waals surface area contributed by atoms with Crippen molar-refractivity contribution < 1.29 is 18.7 Å². The fourth-order valence-electron chi connectivity index (χ4n) is 2.65. The van der Waals surface area contributed by atoms with E-state index in [9.17, 15) is 13.6 Å². The fourth-order valence-corrected chi connectivity index (χ4v) is 2.65. The molecular weight excluding hydrogens is 290 g/mol. The number of nitrogens with zero attached hydrogens (tertiary/aromatic N) is 2. The van der Waals surface area contributed by atoms with Crippen molar-refractivity contribution in [3.05, 3.63) is 41.7 Å². The van der Waals surface area contributed by atoms with Crippen molar-refractivity contribution in [3.8, 4) is 11.1 Å². The van der Waals surface area contributed by atoms with Crippen LogP contribution >= 0.6 is 0 Å². The van der Waals surface area contributed by atoms with Gasteiger partial charge in [-0.05, 0) is 30.9 Å². The molecule has 116 valence electrons. The van der Waals surface area contributed by atoms with E-state index in [4.69, 9.17) is 5.11 Å². The van der Waals surface area contributed by atoms with Crippen molar-refractivity contribution in [1.82, 2.24) is 9.78 Å². The number of hydrogen-bond acceptors (Lipinski definition) is 2. The van der Waals surface area contributed by atoms with Gasteiger partial charge in [-0.15, -0.1) is 0 Å². The number of carboxylic acid groups (broad SMARTS) is 1. The first kappa shape index (κ1) is 14.7. The van der Waals surface area contributed by atoms with Crippen LogP contribution in [0.5, 0.6) is 0 Å². The summed E-state index contributed by atoms with van der Waals surface area (Å²) >= 11 is 0. The van der Waals surface area contributed by atoms with Gasteiger partial charge >= 0.3 is 5.97 Å². The number of hydrogen-bond donors (Lipinski definition) is 1. The van der Waals surface area contributed by atoms with Gasteiger partial charge in [0.1, 0.15) is 11.6 Å². The zero-order valence-corrected chi connectivity index (χ0v) is 11.9. The number of benzene rings is 1. The molecule has 1 aromatic carbocycles. The zero-order chi connectivity index (χ0) is 15.7. The monoisotopic (exact) mass is 306 g/mol. The van der Waals surface area contributed by atoms with E-state index in [1.807, 2.05) is 0 Å². The lowest BCUT2D eigenvalue weighted by Crippen LogP contribution is -2.18. The number of aromatic nitrogens is 2. The van der Waals surface area contributed by atoms with Crippen LogP contribution in [0.25, 0.3) is 11.1 Å². The summed E-state index contributed by atoms with van der Waals surface area (Å²) in [5.41, 5.74) is 0.444. The van der Waals surface area contributed by atoms with Crippen LogP contribution in [-0.4, -0.2) is 20.9 Å². The summed E-state index contributed by atoms with van der Waals surface area (Å²) in [5, 5.41) is 12.9. The van der Waals surface area contributed by atoms with Crippen LogP contribution in [0.4, 0.5) is 8.78 Å². The zero-order valence-electron chi connectivity index (χ0n) is 11.9. The van der Waals surface area contributed by atoms with E-state index in [1.54, 1.807) is 10.9 Å². The molecule has 22 heavy (non-hydrogen) atoms. The first-order chi connectivity index (χ1) is 10.5. The Labute approximate surface area is 126 Å². The van der Waals surface area contributed by atoms with Crippen molar-refractivity contribution in [2.24, 2.45) is 5.92 Å². The van der Waals surface area contributed by atoms with Gasteiger partial charge in [-0.3, -0.25) is 9.48 Å². The van der Waals surface area contributed by atoms with E-state index >= 15 is 0 Å². The first-order valence-electron chi connectivity index (χ1n) is 7.25. The average Bonchev–Trinajstić information content (AvgIpc) is 2.86. The van der Waals surface area contributed by atoms with E-state index in [0.717, 1.165) is 18.7 Å². The van der Waals surface area contributed by atoms with Crippen LogP contribution in [0, 0.1) is 17.6 Å². The van der Waals surface area contributed by atoms with Crippen molar-refractivity contribution in [2.45, 2.75) is 32.2 Å². The second-order valence-corrected chi connectivity index (χ2v) is 5.74. The van der Waals surface area contributed by atoms with E-state index < -0.39 is 24.0 Å². The molecule has 0 saturated heterocycles. The molecule has 2 aromatic rings. The number of rotatable bonds is 5. The molecule has 0 unspecified atom stereocenters. The third-order valence-electron chi connectivity index (χ3n) is 4.09. The van der Waals surface area contributed by atoms with Crippen molar-refractivity contribution in [2.75, 3.05) is 0 Å². The summed E-state index contributed by atoms with van der Waals surface area (Å²) in [6.45, 7) is 0.793. The van der Waals surface area contributed by atoms with Crippen LogP contribution in [0.15, 0.2) is 24.5 Å². The molecule has 0 radical (unpaired) electrons. The lowest BCUT2D eigenvalue weighted by Gasteiger charge is -2.24. The van der Waals surface area contributed by atoms with Gasteiger partial charge in [-0.25, -0.2) is 8.78 Å². The molecular formula is C16H16F2N2O2. The highest BCUT2D eigenvalue weighted by atomic mass is 19.1. The molecule has 3 rings (SSSR count). The standard InChI is InChI=1S/C16H16F2N2O2/c17-14-6-13(15(18)4-11(14)5-16(21)22)12-7-19-20(9-12)8-10-2-1-3-10/h4,6-7,9-10H,1-3,5,8H2,(H,21,22). The lowest BCUT2D eigenvalue weighted by molar-refractivity contribution is -0.136. The Morgan fingerprint density at radius 3 is 2.73 bits per heavy atom. The Hall–Kier alpha value is -2.24. The SMILES string of the molecule is O=C(O)Cc1cc(F)c(-c2cnn(CC3CCC3)c2)cc1F. The molecule has 1 heterocycles. The van der Waals surface area contributed by atoms with Crippen LogP contribution in [0.1, 0.15) is 24.8 Å². The summed E-state index contributed by atoms with van der Waals surface area (Å²) in [6, 6.07) is 1.99. The second-order valence-electron chi connectivity index (χ2n) is 5.74. The van der Waals surface area contributed by atoms with Gasteiger partial charge in [0.25, 0.3) is 0 Å². The molecule has 1 fully saturated rings. The Kier molecular flexibility index (Phi) is 3.92. The molecule has 1 aromatic heterocycles. The Morgan fingerprint density at radius 2 is 2.09 bits per heavy atom. The largest absolute Gasteiger partial charge is 0.481 e. The van der Waals surface area contributed by atoms with Crippen LogP contribution < -0.4 is 0 Å². The predicted octanol–water partition coefficient (Wildman–Crippen LogP) is 3.26. The Morgan fingerprint density at radius 1 is 1.32 bits per heavy atom. The summed E-state index contributed by atoms with van der Waals surface area (Å²) in [4.78, 5) is 10.6. The van der Waals surface area contributed by atoms with Gasteiger partial charge in [0, 0.05) is 29.4 Å². The maximum absolute atomic E-state index is 14.1. The molecule has 1 N–H and O–H groups in total.